The van der Waals surface area contributed by atoms with Gasteiger partial charge in [-0.1, -0.05) is 136 Å². The van der Waals surface area contributed by atoms with Crippen LogP contribution in [0.25, 0.3) is 0 Å². The first-order valence-corrected chi connectivity index (χ1v) is 17.7. The minimum absolute atomic E-state index is 0. The molecule has 270 valence electrons. The number of carbonyl (C=O) groups is 4. The van der Waals surface area contributed by atoms with E-state index in [0.717, 1.165) is 77.0 Å². The zero-order chi connectivity index (χ0) is 35.5. The molecule has 0 aliphatic heterocycles. The minimum atomic E-state index is -0.920. The van der Waals surface area contributed by atoms with Gasteiger partial charge in [0.25, 0.3) is 0 Å². The van der Waals surface area contributed by atoms with Gasteiger partial charge in [0.2, 0.25) is 0 Å². The quantitative estimate of drug-likeness (QED) is 0.125. The second-order valence-electron chi connectivity index (χ2n) is 11.2. The number of aliphatic carboxylic acids is 4. The van der Waals surface area contributed by atoms with E-state index in [1.165, 1.54) is 51.4 Å². The third-order valence-electron chi connectivity index (χ3n) is 6.50. The van der Waals surface area contributed by atoms with Crippen LogP contribution in [0.3, 0.4) is 0 Å². The summed E-state index contributed by atoms with van der Waals surface area (Å²) in [4.78, 5) is 43.5. The number of carbonyl (C=O) groups excluding carboxylic acids is 4. The molecule has 0 fully saturated rings. The molecule has 1 heterocycles. The van der Waals surface area contributed by atoms with E-state index in [1.807, 2.05) is 18.2 Å². The molecule has 1 rings (SSSR count). The van der Waals surface area contributed by atoms with Crippen molar-refractivity contribution in [1.82, 2.24) is 4.98 Å². The Morgan fingerprint density at radius 2 is 0.596 bits per heavy atom. The largest absolute Gasteiger partial charge is 4.00 e. The molecular weight excluding hydrogens is 678 g/mol. The molecule has 0 radical (unpaired) electrons. The van der Waals surface area contributed by atoms with Crippen LogP contribution in [0, 0.1) is 0 Å². The van der Waals surface area contributed by atoms with Crippen LogP contribution in [-0.4, -0.2) is 28.9 Å². The first-order valence-electron chi connectivity index (χ1n) is 17.7. The topological polar surface area (TPSA) is 173 Å². The second-order valence-corrected chi connectivity index (χ2v) is 11.2. The number of pyridine rings is 1. The average molecular weight is 743 g/mol. The number of carboxylic acid groups (broad SMARTS) is 4. The van der Waals surface area contributed by atoms with E-state index in [9.17, 15) is 39.6 Å². The maximum atomic E-state index is 9.92. The Labute approximate surface area is 305 Å². The van der Waals surface area contributed by atoms with Crippen LogP contribution in [0.1, 0.15) is 182 Å². The molecule has 0 aliphatic carbocycles. The molecule has 0 bridgehead atoms. The first kappa shape index (κ1) is 54.4. The van der Waals surface area contributed by atoms with Gasteiger partial charge in [0.05, 0.1) is 0 Å². The van der Waals surface area contributed by atoms with E-state index in [0.29, 0.717) is 0 Å². The molecule has 47 heavy (non-hydrogen) atoms. The molecule has 1 aromatic heterocycles. The van der Waals surface area contributed by atoms with Gasteiger partial charge in [-0.25, -0.2) is 0 Å². The minimum Gasteiger partial charge on any atom is -0.550 e. The van der Waals surface area contributed by atoms with Gasteiger partial charge < -0.3 is 39.6 Å². The fraction of sp³-hybridized carbons (Fsp3) is 0.757. The van der Waals surface area contributed by atoms with Crippen molar-refractivity contribution in [2.45, 2.75) is 182 Å². The van der Waals surface area contributed by atoms with Crippen molar-refractivity contribution in [3.8, 4) is 0 Å². The predicted octanol–water partition coefficient (Wildman–Crippen LogP) is 5.47. The predicted molar refractivity (Wildman–Crippen MR) is 178 cm³/mol. The molecule has 10 heteroatoms. The summed E-state index contributed by atoms with van der Waals surface area (Å²) >= 11 is 0. The molecule has 0 unspecified atom stereocenters. The van der Waals surface area contributed by atoms with Gasteiger partial charge in [0, 0.05) is 36.3 Å². The molecule has 0 atom stereocenters. The zero-order valence-electron chi connectivity index (χ0n) is 30.1. The summed E-state index contributed by atoms with van der Waals surface area (Å²) in [7, 11) is 0. The van der Waals surface area contributed by atoms with Crippen LogP contribution in [0.2, 0.25) is 0 Å². The molecule has 0 saturated carbocycles. The second kappa shape index (κ2) is 50.8. The fourth-order valence-electron chi connectivity index (χ4n) is 3.80. The van der Waals surface area contributed by atoms with Crippen LogP contribution in [0.15, 0.2) is 30.6 Å². The summed E-state index contributed by atoms with van der Waals surface area (Å²) in [6.45, 7) is 8.55. The Hall–Kier alpha value is -2.09. The summed E-state index contributed by atoms with van der Waals surface area (Å²) in [5, 5.41) is 39.7. The van der Waals surface area contributed by atoms with Crippen LogP contribution in [-0.2, 0) is 45.4 Å². The molecule has 0 saturated heterocycles. The fourth-order valence-corrected chi connectivity index (χ4v) is 3.80. The Bertz CT molecular complexity index is 643. The Morgan fingerprint density at radius 3 is 0.723 bits per heavy atom. The molecule has 0 N–H and O–H groups in total. The summed E-state index contributed by atoms with van der Waals surface area (Å²) in [6, 6.07) is 5.72. The summed E-state index contributed by atoms with van der Waals surface area (Å²) in [5.41, 5.74) is 0. The summed E-state index contributed by atoms with van der Waals surface area (Å²) in [5.74, 6) is -3.68. The van der Waals surface area contributed by atoms with E-state index in [1.54, 1.807) is 12.4 Å². The Kier molecular flexibility index (Phi) is 58.7. The van der Waals surface area contributed by atoms with Crippen LogP contribution in [0.5, 0.6) is 0 Å². The van der Waals surface area contributed by atoms with Gasteiger partial charge in [0.1, 0.15) is 0 Å². The number of carboxylic acids is 4. The van der Waals surface area contributed by atoms with Crippen molar-refractivity contribution in [1.29, 1.82) is 0 Å². The number of unbranched alkanes of at least 4 members (excludes halogenated alkanes) is 16. The van der Waals surface area contributed by atoms with Crippen molar-refractivity contribution in [3.63, 3.8) is 0 Å². The standard InChI is InChI=1S/4C8H16O2.C5H5N.Zr/c4*1-2-3-4-5-6-7-8(9)10;1-2-4-6-5-3-1;/h4*2-7H2,1H3,(H,9,10);1-5H;/q;;;;;+4/p-4. The van der Waals surface area contributed by atoms with Gasteiger partial charge in [0.15, 0.2) is 0 Å². The van der Waals surface area contributed by atoms with Crippen LogP contribution in [0.4, 0.5) is 0 Å². The molecule has 0 aliphatic rings. The number of nitrogens with zero attached hydrogens (tertiary/aromatic N) is 1. The van der Waals surface area contributed by atoms with Crippen molar-refractivity contribution >= 4 is 23.9 Å². The van der Waals surface area contributed by atoms with E-state index in [-0.39, 0.29) is 51.9 Å². The Morgan fingerprint density at radius 1 is 0.383 bits per heavy atom. The van der Waals surface area contributed by atoms with Gasteiger partial charge in [-0.2, -0.15) is 0 Å². The van der Waals surface area contributed by atoms with Crippen molar-refractivity contribution in [2.75, 3.05) is 0 Å². The molecule has 1 aromatic rings. The van der Waals surface area contributed by atoms with Crippen LogP contribution >= 0.6 is 0 Å². The molecule has 0 amide bonds. The Balaban J connectivity index is -0.000000157. The normalized spacial score (nSPS) is 9.28. The molecule has 0 aromatic carbocycles. The van der Waals surface area contributed by atoms with E-state index in [4.69, 9.17) is 0 Å². The maximum Gasteiger partial charge on any atom is 4.00 e. The molecular formula is C37H65NO8Zr. The SMILES string of the molecule is CCCCCCCC(=O)[O-].CCCCCCCC(=O)[O-].CCCCCCCC(=O)[O-].CCCCCCCC(=O)[O-].[Zr+4].c1ccncc1. The van der Waals surface area contributed by atoms with Gasteiger partial charge in [-0.3, -0.25) is 4.98 Å². The van der Waals surface area contributed by atoms with Crippen molar-refractivity contribution in [3.05, 3.63) is 30.6 Å². The average Bonchev–Trinajstić information content (AvgIpc) is 3.02. The summed E-state index contributed by atoms with van der Waals surface area (Å²) < 4.78 is 0. The third-order valence-corrected chi connectivity index (χ3v) is 6.50. The number of hydrogen-bond acceptors (Lipinski definition) is 9. The van der Waals surface area contributed by atoms with Crippen molar-refractivity contribution in [2.24, 2.45) is 0 Å². The number of hydrogen-bond donors (Lipinski definition) is 0. The maximum absolute atomic E-state index is 9.92. The summed E-state index contributed by atoms with van der Waals surface area (Å²) in [6.07, 6.45) is 25.9. The smallest absolute Gasteiger partial charge is 0.550 e. The van der Waals surface area contributed by atoms with E-state index >= 15 is 0 Å². The number of rotatable bonds is 24. The molecule has 9 nitrogen and oxygen atoms in total. The van der Waals surface area contributed by atoms with E-state index in [2.05, 4.69) is 32.7 Å². The van der Waals surface area contributed by atoms with Crippen molar-refractivity contribution < 1.29 is 65.8 Å². The van der Waals surface area contributed by atoms with Gasteiger partial charge >= 0.3 is 26.2 Å². The zero-order valence-corrected chi connectivity index (χ0v) is 32.5. The van der Waals surface area contributed by atoms with E-state index < -0.39 is 23.9 Å². The monoisotopic (exact) mass is 741 g/mol. The first-order chi connectivity index (χ1) is 22.1. The van der Waals surface area contributed by atoms with Gasteiger partial charge in [-0.05, 0) is 63.5 Å². The molecule has 0 spiro atoms. The number of aromatic nitrogens is 1. The van der Waals surface area contributed by atoms with Gasteiger partial charge in [-0.15, -0.1) is 0 Å². The van der Waals surface area contributed by atoms with Crippen LogP contribution < -0.4 is 20.4 Å². The third kappa shape index (κ3) is 75.7.